The predicted octanol–water partition coefficient (Wildman–Crippen LogP) is 0.305. The number of amides is 2. The number of nitrogens with one attached hydrogen (secondary N) is 2. The van der Waals surface area contributed by atoms with Crippen LogP contribution in [0.15, 0.2) is 40.7 Å². The smallest absolute Gasteiger partial charge is 0.352 e. The van der Waals surface area contributed by atoms with E-state index in [9.17, 15) is 29.4 Å². The molecule has 2 aromatic rings. The van der Waals surface area contributed by atoms with E-state index in [1.54, 1.807) is 24.3 Å². The summed E-state index contributed by atoms with van der Waals surface area (Å²) in [5, 5.41) is 37.6. The van der Waals surface area contributed by atoms with Gasteiger partial charge in [-0.15, -0.1) is 16.9 Å². The minimum Gasteiger partial charge on any atom is -0.481 e. The van der Waals surface area contributed by atoms with Crippen LogP contribution < -0.4 is 5.32 Å². The summed E-state index contributed by atoms with van der Waals surface area (Å²) in [5.74, 6) is -3.00. The Kier molecular flexibility index (Phi) is 7.14. The molecule has 3 heterocycles. The quantitative estimate of drug-likeness (QED) is 0.227. The van der Waals surface area contributed by atoms with Crippen LogP contribution in [-0.2, 0) is 25.6 Å². The van der Waals surface area contributed by atoms with Gasteiger partial charge in [-0.3, -0.25) is 24.4 Å². The summed E-state index contributed by atoms with van der Waals surface area (Å²) in [6.07, 6.45) is -1.78. The zero-order chi connectivity index (χ0) is 25.3. The lowest BCUT2D eigenvalue weighted by Crippen LogP contribution is -2.70. The highest BCUT2D eigenvalue weighted by Crippen LogP contribution is 2.41. The lowest BCUT2D eigenvalue weighted by molar-refractivity contribution is -0.151. The van der Waals surface area contributed by atoms with E-state index in [-0.39, 0.29) is 28.9 Å². The fourth-order valence-electron chi connectivity index (χ4n) is 3.64. The van der Waals surface area contributed by atoms with E-state index in [0.29, 0.717) is 16.9 Å². The van der Waals surface area contributed by atoms with Gasteiger partial charge in [0.25, 0.3) is 11.8 Å². The van der Waals surface area contributed by atoms with Gasteiger partial charge in [0.2, 0.25) is 5.16 Å². The third-order valence-electron chi connectivity index (χ3n) is 5.39. The minimum atomic E-state index is -1.46. The zero-order valence-corrected chi connectivity index (χ0v) is 19.9. The van der Waals surface area contributed by atoms with Crippen molar-refractivity contribution in [2.45, 2.75) is 36.0 Å². The molecule has 0 radical (unpaired) electrons. The van der Waals surface area contributed by atoms with Crippen molar-refractivity contribution in [3.63, 3.8) is 0 Å². The monoisotopic (exact) mass is 519 g/mol. The number of fused-ring (bicyclic) bond motifs is 1. The first-order valence-electron chi connectivity index (χ1n) is 10.4. The SMILES string of the molecule is Cc1ccc(C(O)C(=O)NC2C(=O)N3C(C(=O)O)=C(CSc4n[nH]c(CC(=O)O)n4)CS[C@@H]23)cc1. The highest BCUT2D eigenvalue weighted by atomic mass is 32.2. The van der Waals surface area contributed by atoms with Crippen LogP contribution in [0.25, 0.3) is 0 Å². The number of rotatable bonds is 9. The third-order valence-corrected chi connectivity index (χ3v) is 7.67. The zero-order valence-electron chi connectivity index (χ0n) is 18.3. The number of thioether (sulfide) groups is 2. The van der Waals surface area contributed by atoms with Gasteiger partial charge in [0, 0.05) is 11.5 Å². The number of aromatic amines is 1. The molecule has 184 valence electrons. The molecule has 0 bridgehead atoms. The fraction of sp³-hybridized carbons (Fsp3) is 0.333. The van der Waals surface area contributed by atoms with Crippen molar-refractivity contribution >= 4 is 47.3 Å². The number of aryl methyl sites for hydroxylation is 1. The van der Waals surface area contributed by atoms with Crippen LogP contribution in [0.4, 0.5) is 0 Å². The summed E-state index contributed by atoms with van der Waals surface area (Å²) in [5.41, 5.74) is 1.68. The lowest BCUT2D eigenvalue weighted by atomic mass is 10.0. The van der Waals surface area contributed by atoms with Crippen LogP contribution in [0.5, 0.6) is 0 Å². The summed E-state index contributed by atoms with van der Waals surface area (Å²) in [7, 11) is 0. The molecule has 3 atom stereocenters. The largest absolute Gasteiger partial charge is 0.481 e. The average Bonchev–Trinajstić information content (AvgIpc) is 3.26. The summed E-state index contributed by atoms with van der Waals surface area (Å²) in [4.78, 5) is 53.3. The van der Waals surface area contributed by atoms with Crippen molar-refractivity contribution in [1.82, 2.24) is 25.4 Å². The van der Waals surface area contributed by atoms with Crippen LogP contribution >= 0.6 is 23.5 Å². The second-order valence-corrected chi connectivity index (χ2v) is 9.94. The van der Waals surface area contributed by atoms with E-state index in [1.807, 2.05) is 6.92 Å². The lowest BCUT2D eigenvalue weighted by Gasteiger charge is -2.49. The van der Waals surface area contributed by atoms with Gasteiger partial charge in [-0.1, -0.05) is 41.6 Å². The number of aliphatic carboxylic acids is 2. The molecule has 0 aliphatic carbocycles. The van der Waals surface area contributed by atoms with E-state index >= 15 is 0 Å². The molecule has 1 saturated heterocycles. The van der Waals surface area contributed by atoms with Gasteiger partial charge in [0.15, 0.2) is 6.10 Å². The van der Waals surface area contributed by atoms with E-state index in [1.165, 1.54) is 11.8 Å². The Labute approximate surface area is 207 Å². The first-order chi connectivity index (χ1) is 16.7. The maximum atomic E-state index is 12.8. The van der Waals surface area contributed by atoms with Crippen LogP contribution in [0.1, 0.15) is 23.1 Å². The van der Waals surface area contributed by atoms with E-state index in [0.717, 1.165) is 22.2 Å². The van der Waals surface area contributed by atoms with Crippen molar-refractivity contribution in [3.05, 3.63) is 52.5 Å². The van der Waals surface area contributed by atoms with Gasteiger partial charge in [-0.25, -0.2) is 9.78 Å². The Morgan fingerprint density at radius 3 is 2.66 bits per heavy atom. The molecular weight excluding hydrogens is 498 g/mol. The summed E-state index contributed by atoms with van der Waals surface area (Å²) in [6.45, 7) is 1.88. The topological polar surface area (TPSA) is 186 Å². The first kappa shape index (κ1) is 24.8. The standard InChI is InChI=1S/C21H21N5O7S2/c1-9-2-4-10(5-3-9)16(29)17(30)23-14-18(31)26-15(20(32)33)11(7-34-19(14)26)8-35-21-22-12(24-25-21)6-13(27)28/h2-5,14,16,19,29H,6-8H2,1H3,(H,23,30)(H,27,28)(H,32,33)(H,22,24,25)/t14?,16?,19-/m0/s1. The Balaban J connectivity index is 1.42. The number of H-pyrrole nitrogens is 1. The summed E-state index contributed by atoms with van der Waals surface area (Å²) < 4.78 is 0. The number of carbonyl (C=O) groups is 4. The molecule has 1 aromatic carbocycles. The van der Waals surface area contributed by atoms with Crippen LogP contribution in [0.3, 0.4) is 0 Å². The van der Waals surface area contributed by atoms with Crippen LogP contribution in [0.2, 0.25) is 0 Å². The highest BCUT2D eigenvalue weighted by Gasteiger charge is 2.54. The highest BCUT2D eigenvalue weighted by molar-refractivity contribution is 8.01. The molecule has 2 aliphatic rings. The van der Waals surface area contributed by atoms with Crippen molar-refractivity contribution in [3.8, 4) is 0 Å². The molecule has 0 saturated carbocycles. The van der Waals surface area contributed by atoms with Gasteiger partial charge in [0.05, 0.1) is 0 Å². The number of hydrogen-bond acceptors (Lipinski definition) is 9. The molecule has 14 heteroatoms. The van der Waals surface area contributed by atoms with E-state index in [2.05, 4.69) is 20.5 Å². The average molecular weight is 520 g/mol. The van der Waals surface area contributed by atoms with Crippen LogP contribution in [-0.4, -0.2) is 82.1 Å². The molecule has 5 N–H and O–H groups in total. The third kappa shape index (κ3) is 5.18. The Bertz CT molecular complexity index is 1210. The summed E-state index contributed by atoms with van der Waals surface area (Å²) in [6, 6.07) is 5.81. The number of aromatic nitrogens is 3. The summed E-state index contributed by atoms with van der Waals surface area (Å²) >= 11 is 2.42. The number of aliphatic hydroxyl groups excluding tert-OH is 1. The van der Waals surface area contributed by atoms with Crippen molar-refractivity contribution in [1.29, 1.82) is 0 Å². The number of benzene rings is 1. The van der Waals surface area contributed by atoms with E-state index in [4.69, 9.17) is 5.11 Å². The number of carboxylic acids is 2. The fourth-order valence-corrected chi connectivity index (χ4v) is 5.95. The molecule has 1 aromatic heterocycles. The molecule has 2 amide bonds. The molecule has 0 spiro atoms. The van der Waals surface area contributed by atoms with Gasteiger partial charge < -0.3 is 20.6 Å². The van der Waals surface area contributed by atoms with Gasteiger partial charge in [0.1, 0.15) is 29.4 Å². The number of β-lactam (4-membered cyclic amide) rings is 1. The van der Waals surface area contributed by atoms with Gasteiger partial charge >= 0.3 is 11.9 Å². The minimum absolute atomic E-state index is 0.155. The predicted molar refractivity (Wildman–Crippen MR) is 124 cm³/mol. The van der Waals surface area contributed by atoms with Gasteiger partial charge in [-0.2, -0.15) is 0 Å². The molecule has 2 aliphatic heterocycles. The molecule has 4 rings (SSSR count). The molecule has 2 unspecified atom stereocenters. The van der Waals surface area contributed by atoms with E-state index < -0.39 is 41.3 Å². The normalized spacial score (nSPS) is 20.2. The first-order valence-corrected chi connectivity index (χ1v) is 12.4. The second-order valence-electron chi connectivity index (χ2n) is 7.89. The Morgan fingerprint density at radius 1 is 1.29 bits per heavy atom. The maximum Gasteiger partial charge on any atom is 0.352 e. The van der Waals surface area contributed by atoms with Crippen molar-refractivity contribution in [2.24, 2.45) is 0 Å². The number of aliphatic hydroxyl groups is 1. The number of carbonyl (C=O) groups excluding carboxylic acids is 2. The number of hydrogen-bond donors (Lipinski definition) is 5. The van der Waals surface area contributed by atoms with Crippen molar-refractivity contribution in [2.75, 3.05) is 11.5 Å². The maximum absolute atomic E-state index is 12.8. The Hall–Kier alpha value is -3.36. The van der Waals surface area contributed by atoms with Gasteiger partial charge in [-0.05, 0) is 18.1 Å². The number of nitrogens with zero attached hydrogens (tertiary/aromatic N) is 3. The molecule has 1 fully saturated rings. The van der Waals surface area contributed by atoms with Crippen molar-refractivity contribution < 1.29 is 34.5 Å². The molecule has 12 nitrogen and oxygen atoms in total. The molecule has 35 heavy (non-hydrogen) atoms. The Morgan fingerprint density at radius 2 is 2.00 bits per heavy atom. The number of carboxylic acid groups (broad SMARTS) is 2. The van der Waals surface area contributed by atoms with Crippen LogP contribution in [0, 0.1) is 6.92 Å². The molecular formula is C21H21N5O7S2. The second kappa shape index (κ2) is 10.1.